The van der Waals surface area contributed by atoms with Crippen molar-refractivity contribution < 1.29 is 14.6 Å². The van der Waals surface area contributed by atoms with Gasteiger partial charge in [0, 0.05) is 19.5 Å². The molecule has 0 radical (unpaired) electrons. The summed E-state index contributed by atoms with van der Waals surface area (Å²) in [7, 11) is 0. The molecule has 0 saturated carbocycles. The Morgan fingerprint density at radius 3 is 2.75 bits per heavy atom. The van der Waals surface area contributed by atoms with Crippen LogP contribution in [0.25, 0.3) is 0 Å². The zero-order valence-corrected chi connectivity index (χ0v) is 10.5. The first-order valence-electron chi connectivity index (χ1n) is 6.01. The molecule has 1 atom stereocenters. The molecule has 4 nitrogen and oxygen atoms in total. The Balaban J connectivity index is 2.23. The lowest BCUT2D eigenvalue weighted by molar-refractivity contribution is -0.137. The summed E-state index contributed by atoms with van der Waals surface area (Å²) in [5, 5.41) is 8.54. The van der Waals surface area contributed by atoms with Crippen molar-refractivity contribution in [1.82, 2.24) is 4.90 Å². The van der Waals surface area contributed by atoms with Gasteiger partial charge in [0.1, 0.15) is 0 Å². The zero-order valence-electron chi connectivity index (χ0n) is 10.5. The maximum Gasteiger partial charge on any atom is 0.303 e. The number of carboxylic acid groups (broad SMARTS) is 1. The molecule has 0 aliphatic carbocycles. The van der Waals surface area contributed by atoms with Crippen molar-refractivity contribution in [3.63, 3.8) is 0 Å². The molecule has 0 amide bonds. The number of morpholine rings is 1. The molecule has 0 aromatic carbocycles. The first-order chi connectivity index (χ1) is 7.39. The molecule has 16 heavy (non-hydrogen) atoms. The SMILES string of the molecule is CC1CN(CCCCC(=O)O)CC(C)(C)O1. The minimum Gasteiger partial charge on any atom is -0.481 e. The van der Waals surface area contributed by atoms with Crippen molar-refractivity contribution in [2.75, 3.05) is 19.6 Å². The third-order valence-corrected chi connectivity index (χ3v) is 2.75. The fraction of sp³-hybridized carbons (Fsp3) is 0.917. The van der Waals surface area contributed by atoms with Gasteiger partial charge >= 0.3 is 5.97 Å². The van der Waals surface area contributed by atoms with Crippen LogP contribution < -0.4 is 0 Å². The fourth-order valence-corrected chi connectivity index (χ4v) is 2.37. The summed E-state index contributed by atoms with van der Waals surface area (Å²) in [5.74, 6) is -0.698. The summed E-state index contributed by atoms with van der Waals surface area (Å²) in [5.41, 5.74) is -0.0789. The largest absolute Gasteiger partial charge is 0.481 e. The highest BCUT2D eigenvalue weighted by molar-refractivity contribution is 5.66. The van der Waals surface area contributed by atoms with Crippen LogP contribution in [0, 0.1) is 0 Å². The van der Waals surface area contributed by atoms with Crippen LogP contribution in [0.1, 0.15) is 40.0 Å². The maximum atomic E-state index is 10.4. The molecular weight excluding hydrogens is 206 g/mol. The topological polar surface area (TPSA) is 49.8 Å². The van der Waals surface area contributed by atoms with Crippen LogP contribution >= 0.6 is 0 Å². The van der Waals surface area contributed by atoms with E-state index in [9.17, 15) is 4.79 Å². The standard InChI is InChI=1S/C12H23NO3/c1-10-8-13(9-12(2,3)16-10)7-5-4-6-11(14)15/h10H,4-9H2,1-3H3,(H,14,15). The predicted molar refractivity (Wildman–Crippen MR) is 62.6 cm³/mol. The van der Waals surface area contributed by atoms with Gasteiger partial charge in [-0.15, -0.1) is 0 Å². The van der Waals surface area contributed by atoms with Crippen LogP contribution in [0.5, 0.6) is 0 Å². The Labute approximate surface area is 97.6 Å². The van der Waals surface area contributed by atoms with E-state index in [-0.39, 0.29) is 18.1 Å². The smallest absolute Gasteiger partial charge is 0.303 e. The molecule has 0 aromatic rings. The van der Waals surface area contributed by atoms with Gasteiger partial charge in [0.15, 0.2) is 0 Å². The van der Waals surface area contributed by atoms with Crippen LogP contribution in [-0.4, -0.2) is 47.3 Å². The molecule has 1 rings (SSSR count). The Kier molecular flexibility index (Phi) is 4.74. The van der Waals surface area contributed by atoms with Crippen LogP contribution in [0.3, 0.4) is 0 Å². The van der Waals surface area contributed by atoms with E-state index in [1.165, 1.54) is 0 Å². The van der Waals surface area contributed by atoms with Crippen molar-refractivity contribution in [3.05, 3.63) is 0 Å². The number of ether oxygens (including phenoxy) is 1. The van der Waals surface area contributed by atoms with Gasteiger partial charge < -0.3 is 9.84 Å². The number of aliphatic carboxylic acids is 1. The number of unbranched alkanes of at least 4 members (excludes halogenated alkanes) is 1. The van der Waals surface area contributed by atoms with Gasteiger partial charge in [0.25, 0.3) is 0 Å². The summed E-state index contributed by atoms with van der Waals surface area (Å²) in [4.78, 5) is 12.7. The first kappa shape index (κ1) is 13.5. The molecule has 1 aliphatic heterocycles. The van der Waals surface area contributed by atoms with Gasteiger partial charge in [-0.3, -0.25) is 9.69 Å². The number of carboxylic acids is 1. The highest BCUT2D eigenvalue weighted by atomic mass is 16.5. The van der Waals surface area contributed by atoms with Crippen molar-refractivity contribution in [3.8, 4) is 0 Å². The highest BCUT2D eigenvalue weighted by Crippen LogP contribution is 2.20. The molecule has 1 unspecified atom stereocenters. The van der Waals surface area contributed by atoms with E-state index in [1.807, 2.05) is 0 Å². The van der Waals surface area contributed by atoms with E-state index in [4.69, 9.17) is 9.84 Å². The lowest BCUT2D eigenvalue weighted by Crippen LogP contribution is -2.51. The first-order valence-corrected chi connectivity index (χ1v) is 6.01. The van der Waals surface area contributed by atoms with Crippen molar-refractivity contribution in [2.24, 2.45) is 0 Å². The third kappa shape index (κ3) is 4.94. The van der Waals surface area contributed by atoms with Gasteiger partial charge in [-0.1, -0.05) is 0 Å². The number of nitrogens with zero attached hydrogens (tertiary/aromatic N) is 1. The van der Waals surface area contributed by atoms with E-state index in [2.05, 4.69) is 25.7 Å². The molecule has 1 aliphatic rings. The Hall–Kier alpha value is -0.610. The average molecular weight is 229 g/mol. The van der Waals surface area contributed by atoms with Crippen LogP contribution in [0.2, 0.25) is 0 Å². The minimum atomic E-state index is -0.698. The van der Waals surface area contributed by atoms with E-state index >= 15 is 0 Å². The summed E-state index contributed by atoms with van der Waals surface area (Å²) >= 11 is 0. The Morgan fingerprint density at radius 1 is 1.50 bits per heavy atom. The van der Waals surface area contributed by atoms with Crippen LogP contribution in [0.15, 0.2) is 0 Å². The number of carbonyl (C=O) groups is 1. The second-order valence-corrected chi connectivity index (χ2v) is 5.27. The van der Waals surface area contributed by atoms with Gasteiger partial charge in [-0.05, 0) is 40.2 Å². The van der Waals surface area contributed by atoms with Crippen molar-refractivity contribution in [1.29, 1.82) is 0 Å². The van der Waals surface area contributed by atoms with Crippen molar-refractivity contribution in [2.45, 2.75) is 51.7 Å². The molecule has 1 saturated heterocycles. The minimum absolute atomic E-state index is 0.0789. The van der Waals surface area contributed by atoms with Crippen molar-refractivity contribution >= 4 is 5.97 Å². The monoisotopic (exact) mass is 229 g/mol. The van der Waals surface area contributed by atoms with Gasteiger partial charge in [-0.25, -0.2) is 0 Å². The zero-order chi connectivity index (χ0) is 12.2. The fourth-order valence-electron chi connectivity index (χ4n) is 2.37. The number of hydrogen-bond donors (Lipinski definition) is 1. The van der Waals surface area contributed by atoms with E-state index in [1.54, 1.807) is 0 Å². The molecule has 1 N–H and O–H groups in total. The number of hydrogen-bond acceptors (Lipinski definition) is 3. The normalized spacial score (nSPS) is 25.6. The maximum absolute atomic E-state index is 10.4. The van der Waals surface area contributed by atoms with E-state index in [0.29, 0.717) is 0 Å². The summed E-state index contributed by atoms with van der Waals surface area (Å²) in [6, 6.07) is 0. The molecule has 0 aromatic heterocycles. The second-order valence-electron chi connectivity index (χ2n) is 5.27. The Morgan fingerprint density at radius 2 is 2.19 bits per heavy atom. The molecule has 1 heterocycles. The van der Waals surface area contributed by atoms with Crippen LogP contribution in [-0.2, 0) is 9.53 Å². The molecule has 94 valence electrons. The molecular formula is C12H23NO3. The Bertz CT molecular complexity index is 240. The highest BCUT2D eigenvalue weighted by Gasteiger charge is 2.30. The third-order valence-electron chi connectivity index (χ3n) is 2.75. The molecule has 0 bridgehead atoms. The molecule has 1 fully saturated rings. The number of rotatable bonds is 5. The van der Waals surface area contributed by atoms with Gasteiger partial charge in [0.05, 0.1) is 11.7 Å². The lowest BCUT2D eigenvalue weighted by atomic mass is 10.1. The summed E-state index contributed by atoms with van der Waals surface area (Å²) in [6.45, 7) is 9.16. The van der Waals surface area contributed by atoms with Gasteiger partial charge in [0.2, 0.25) is 0 Å². The lowest BCUT2D eigenvalue weighted by Gasteiger charge is -2.41. The summed E-state index contributed by atoms with van der Waals surface area (Å²) in [6.07, 6.45) is 2.27. The molecule has 4 heteroatoms. The molecule has 0 spiro atoms. The van der Waals surface area contributed by atoms with E-state index < -0.39 is 5.97 Å². The van der Waals surface area contributed by atoms with Gasteiger partial charge in [-0.2, -0.15) is 0 Å². The van der Waals surface area contributed by atoms with E-state index in [0.717, 1.165) is 32.5 Å². The second kappa shape index (κ2) is 5.64. The summed E-state index contributed by atoms with van der Waals surface area (Å²) < 4.78 is 5.81. The van der Waals surface area contributed by atoms with Crippen LogP contribution in [0.4, 0.5) is 0 Å². The predicted octanol–water partition coefficient (Wildman–Crippen LogP) is 1.74. The average Bonchev–Trinajstić information content (AvgIpc) is 2.08. The quantitative estimate of drug-likeness (QED) is 0.730.